The SMILES string of the molecule is CC(CCCN(C)C)NS(=O)(=O)c1ccc2c(c1)C(C)(C)CC(=O)N2C. The summed E-state index contributed by atoms with van der Waals surface area (Å²) >= 11 is 0. The lowest BCUT2D eigenvalue weighted by molar-refractivity contribution is -0.119. The summed E-state index contributed by atoms with van der Waals surface area (Å²) in [5.74, 6) is 0.0470. The van der Waals surface area contributed by atoms with Gasteiger partial charge in [-0.1, -0.05) is 13.8 Å². The number of fused-ring (bicyclic) bond motifs is 1. The molecule has 0 fully saturated rings. The Morgan fingerprint density at radius 1 is 1.31 bits per heavy atom. The van der Waals surface area contributed by atoms with Crippen LogP contribution < -0.4 is 9.62 Å². The van der Waals surface area contributed by atoms with Gasteiger partial charge in [0.2, 0.25) is 15.9 Å². The third-order valence-electron chi connectivity index (χ3n) is 4.93. The van der Waals surface area contributed by atoms with E-state index in [0.717, 1.165) is 30.6 Å². The molecule has 26 heavy (non-hydrogen) atoms. The topological polar surface area (TPSA) is 69.7 Å². The number of sulfonamides is 1. The number of hydrogen-bond donors (Lipinski definition) is 1. The Hall–Kier alpha value is -1.44. The molecule has 0 saturated heterocycles. The number of anilines is 1. The predicted molar refractivity (Wildman–Crippen MR) is 105 cm³/mol. The molecule has 0 aliphatic carbocycles. The van der Waals surface area contributed by atoms with Gasteiger partial charge in [0.15, 0.2) is 0 Å². The molecule has 1 aliphatic rings. The molecule has 0 radical (unpaired) electrons. The fourth-order valence-corrected chi connectivity index (χ4v) is 4.65. The van der Waals surface area contributed by atoms with Gasteiger partial charge in [-0.15, -0.1) is 0 Å². The minimum absolute atomic E-state index is 0.0470. The van der Waals surface area contributed by atoms with E-state index in [4.69, 9.17) is 0 Å². The van der Waals surface area contributed by atoms with Crippen LogP contribution in [0.3, 0.4) is 0 Å². The van der Waals surface area contributed by atoms with Gasteiger partial charge in [0.05, 0.1) is 4.90 Å². The van der Waals surface area contributed by atoms with Gasteiger partial charge in [-0.05, 0) is 64.2 Å². The first-order valence-electron chi connectivity index (χ1n) is 9.02. The van der Waals surface area contributed by atoms with Gasteiger partial charge in [0, 0.05) is 30.6 Å². The summed E-state index contributed by atoms with van der Waals surface area (Å²) < 4.78 is 28.3. The van der Waals surface area contributed by atoms with Crippen molar-refractivity contribution in [2.45, 2.75) is 56.4 Å². The lowest BCUT2D eigenvalue weighted by Gasteiger charge is -2.37. The van der Waals surface area contributed by atoms with Gasteiger partial charge in [0.25, 0.3) is 0 Å². The van der Waals surface area contributed by atoms with Crippen LogP contribution in [0, 0.1) is 0 Å². The van der Waals surface area contributed by atoms with Crippen molar-refractivity contribution >= 4 is 21.6 Å². The summed E-state index contributed by atoms with van der Waals surface area (Å²) in [5.41, 5.74) is 1.29. The Balaban J connectivity index is 2.22. The van der Waals surface area contributed by atoms with Crippen LogP contribution in [-0.2, 0) is 20.2 Å². The minimum atomic E-state index is -3.59. The van der Waals surface area contributed by atoms with Gasteiger partial charge in [0.1, 0.15) is 0 Å². The summed E-state index contributed by atoms with van der Waals surface area (Å²) in [5, 5.41) is 0. The second kappa shape index (κ2) is 7.66. The summed E-state index contributed by atoms with van der Waals surface area (Å²) in [4.78, 5) is 16.1. The number of nitrogens with zero attached hydrogens (tertiary/aromatic N) is 2. The zero-order valence-corrected chi connectivity index (χ0v) is 17.5. The van der Waals surface area contributed by atoms with Gasteiger partial charge in [-0.2, -0.15) is 0 Å². The van der Waals surface area contributed by atoms with E-state index in [-0.39, 0.29) is 22.3 Å². The van der Waals surface area contributed by atoms with Gasteiger partial charge in [-0.3, -0.25) is 4.79 Å². The zero-order chi connectivity index (χ0) is 19.7. The lowest BCUT2D eigenvalue weighted by Crippen LogP contribution is -2.40. The Kier molecular flexibility index (Phi) is 6.15. The average molecular weight is 382 g/mol. The maximum atomic E-state index is 12.8. The van der Waals surface area contributed by atoms with Crippen molar-refractivity contribution in [3.63, 3.8) is 0 Å². The maximum absolute atomic E-state index is 12.8. The van der Waals surface area contributed by atoms with Crippen molar-refractivity contribution < 1.29 is 13.2 Å². The van der Waals surface area contributed by atoms with Crippen LogP contribution in [0.4, 0.5) is 5.69 Å². The van der Waals surface area contributed by atoms with Crippen molar-refractivity contribution in [2.75, 3.05) is 32.6 Å². The van der Waals surface area contributed by atoms with Crippen LogP contribution in [0.15, 0.2) is 23.1 Å². The van der Waals surface area contributed by atoms with Crippen LogP contribution >= 0.6 is 0 Å². The van der Waals surface area contributed by atoms with Crippen molar-refractivity contribution in [3.8, 4) is 0 Å². The molecule has 146 valence electrons. The van der Waals surface area contributed by atoms with Crippen molar-refractivity contribution in [1.82, 2.24) is 9.62 Å². The molecule has 1 unspecified atom stereocenters. The summed E-state index contributed by atoms with van der Waals surface area (Å²) in [6.45, 7) is 6.77. The molecule has 7 heteroatoms. The Labute approximate surface area is 157 Å². The summed E-state index contributed by atoms with van der Waals surface area (Å²) in [6.07, 6.45) is 2.08. The van der Waals surface area contributed by atoms with Gasteiger partial charge >= 0.3 is 0 Å². The lowest BCUT2D eigenvalue weighted by atomic mass is 9.77. The Bertz CT molecular complexity index is 772. The van der Waals surface area contributed by atoms with Crippen molar-refractivity contribution in [1.29, 1.82) is 0 Å². The number of rotatable bonds is 7. The highest BCUT2D eigenvalue weighted by atomic mass is 32.2. The van der Waals surface area contributed by atoms with Crippen molar-refractivity contribution in [2.24, 2.45) is 0 Å². The van der Waals surface area contributed by atoms with Crippen LogP contribution in [0.1, 0.15) is 45.6 Å². The maximum Gasteiger partial charge on any atom is 0.240 e. The molecular formula is C19H31N3O3S. The Morgan fingerprint density at radius 2 is 1.96 bits per heavy atom. The van der Waals surface area contributed by atoms with E-state index in [9.17, 15) is 13.2 Å². The second-order valence-corrected chi connectivity index (χ2v) is 9.87. The number of carbonyl (C=O) groups is 1. The van der Waals surface area contributed by atoms with Crippen LogP contribution in [0.25, 0.3) is 0 Å². The molecule has 2 rings (SSSR count). The highest BCUT2D eigenvalue weighted by Crippen LogP contribution is 2.40. The molecule has 0 saturated carbocycles. The molecule has 1 aromatic rings. The van der Waals surface area contributed by atoms with E-state index < -0.39 is 10.0 Å². The molecule has 1 aromatic carbocycles. The largest absolute Gasteiger partial charge is 0.315 e. The first-order chi connectivity index (χ1) is 11.9. The molecule has 1 N–H and O–H groups in total. The molecule has 1 atom stereocenters. The molecule has 6 nitrogen and oxygen atoms in total. The zero-order valence-electron chi connectivity index (χ0n) is 16.7. The number of nitrogens with one attached hydrogen (secondary N) is 1. The summed E-state index contributed by atoms with van der Waals surface area (Å²) in [6, 6.07) is 4.90. The van der Waals surface area contributed by atoms with E-state index in [1.165, 1.54) is 0 Å². The normalized spacial score (nSPS) is 18.1. The summed E-state index contributed by atoms with van der Waals surface area (Å²) in [7, 11) is 2.15. The molecule has 0 bridgehead atoms. The number of benzene rings is 1. The minimum Gasteiger partial charge on any atom is -0.315 e. The van der Waals surface area contributed by atoms with Crippen LogP contribution in [0.2, 0.25) is 0 Å². The Morgan fingerprint density at radius 3 is 2.58 bits per heavy atom. The van der Waals surface area contributed by atoms with Gasteiger partial charge in [-0.25, -0.2) is 13.1 Å². The number of amides is 1. The first kappa shape index (κ1) is 20.9. The van der Waals surface area contributed by atoms with Gasteiger partial charge < -0.3 is 9.80 Å². The smallest absolute Gasteiger partial charge is 0.240 e. The fourth-order valence-electron chi connectivity index (χ4n) is 3.35. The van der Waals surface area contributed by atoms with E-state index in [0.29, 0.717) is 6.42 Å². The van der Waals surface area contributed by atoms with Crippen molar-refractivity contribution in [3.05, 3.63) is 23.8 Å². The van der Waals surface area contributed by atoms with Crippen LogP contribution in [0.5, 0.6) is 0 Å². The first-order valence-corrected chi connectivity index (χ1v) is 10.5. The number of carbonyl (C=O) groups excluding carboxylic acids is 1. The highest BCUT2D eigenvalue weighted by Gasteiger charge is 2.36. The molecular weight excluding hydrogens is 350 g/mol. The molecule has 1 aliphatic heterocycles. The third kappa shape index (κ3) is 4.64. The molecule has 0 aromatic heterocycles. The van der Waals surface area contributed by atoms with E-state index >= 15 is 0 Å². The third-order valence-corrected chi connectivity index (χ3v) is 6.52. The van der Waals surface area contributed by atoms with E-state index in [1.807, 2.05) is 34.9 Å². The van der Waals surface area contributed by atoms with E-state index in [1.54, 1.807) is 30.1 Å². The quantitative estimate of drug-likeness (QED) is 0.787. The van der Waals surface area contributed by atoms with Crippen LogP contribution in [-0.4, -0.2) is 53.0 Å². The monoisotopic (exact) mass is 381 g/mol. The standard InChI is InChI=1S/C19H31N3O3S/c1-14(8-7-11-21(4)5)20-26(24,25)15-9-10-17-16(12-15)19(2,3)13-18(23)22(17)6/h9-10,12,14,20H,7-8,11,13H2,1-6H3. The van der Waals surface area contributed by atoms with E-state index in [2.05, 4.69) is 9.62 Å². The fraction of sp³-hybridized carbons (Fsp3) is 0.632. The molecule has 0 spiro atoms. The molecule has 1 amide bonds. The second-order valence-electron chi connectivity index (χ2n) is 8.16. The highest BCUT2D eigenvalue weighted by molar-refractivity contribution is 7.89. The number of hydrogen-bond acceptors (Lipinski definition) is 4. The molecule has 1 heterocycles. The average Bonchev–Trinajstić information content (AvgIpc) is 2.51. The predicted octanol–water partition coefficient (Wildman–Crippen LogP) is 2.34.